The van der Waals surface area contributed by atoms with Gasteiger partial charge in [0.15, 0.2) is 0 Å². The first-order chi connectivity index (χ1) is 7.69. The maximum Gasteiger partial charge on any atom is 0.140 e. The minimum atomic E-state index is -0.00405. The van der Waals surface area contributed by atoms with Gasteiger partial charge in [-0.3, -0.25) is 4.79 Å². The van der Waals surface area contributed by atoms with Crippen molar-refractivity contribution in [2.24, 2.45) is 0 Å². The Hall–Kier alpha value is -1.31. The molecule has 0 bridgehead atoms. The second kappa shape index (κ2) is 6.31. The van der Waals surface area contributed by atoms with Gasteiger partial charge >= 0.3 is 0 Å². The van der Waals surface area contributed by atoms with E-state index in [1.165, 1.54) is 0 Å². The fourth-order valence-electron chi connectivity index (χ4n) is 1.67. The van der Waals surface area contributed by atoms with Gasteiger partial charge in [-0.25, -0.2) is 0 Å². The van der Waals surface area contributed by atoms with Crippen molar-refractivity contribution in [2.75, 3.05) is 6.61 Å². The van der Waals surface area contributed by atoms with Gasteiger partial charge < -0.3 is 4.74 Å². The third-order valence-electron chi connectivity index (χ3n) is 2.67. The van der Waals surface area contributed by atoms with E-state index in [2.05, 4.69) is 0 Å². The molecule has 0 spiro atoms. The van der Waals surface area contributed by atoms with Crippen molar-refractivity contribution in [2.45, 2.75) is 39.5 Å². The van der Waals surface area contributed by atoms with E-state index in [-0.39, 0.29) is 5.92 Å². The number of ketones is 1. The summed E-state index contributed by atoms with van der Waals surface area (Å²) in [7, 11) is 0. The molecule has 1 atom stereocenters. The Morgan fingerprint density at radius 1 is 1.25 bits per heavy atom. The zero-order valence-corrected chi connectivity index (χ0v) is 10.3. The SMILES string of the molecule is CCCC(=O)C(C)c1ccc(OCC)cc1. The second-order valence-electron chi connectivity index (χ2n) is 3.94. The van der Waals surface area contributed by atoms with Gasteiger partial charge in [0.1, 0.15) is 11.5 Å². The summed E-state index contributed by atoms with van der Waals surface area (Å²) in [4.78, 5) is 11.7. The van der Waals surface area contributed by atoms with Gasteiger partial charge in [0, 0.05) is 12.3 Å². The highest BCUT2D eigenvalue weighted by molar-refractivity contribution is 5.85. The van der Waals surface area contributed by atoms with Crippen LogP contribution in [0.3, 0.4) is 0 Å². The van der Waals surface area contributed by atoms with E-state index in [4.69, 9.17) is 4.74 Å². The Balaban J connectivity index is 2.69. The predicted octanol–water partition coefficient (Wildman–Crippen LogP) is 3.56. The van der Waals surface area contributed by atoms with E-state index in [9.17, 15) is 4.79 Å². The predicted molar refractivity (Wildman–Crippen MR) is 65.9 cm³/mol. The van der Waals surface area contributed by atoms with Crippen molar-refractivity contribution in [1.29, 1.82) is 0 Å². The van der Waals surface area contributed by atoms with Crippen LogP contribution in [0.1, 0.15) is 45.1 Å². The molecule has 0 aromatic heterocycles. The quantitative estimate of drug-likeness (QED) is 0.732. The Kier molecular flexibility index (Phi) is 5.03. The number of ether oxygens (including phenoxy) is 1. The summed E-state index contributed by atoms with van der Waals surface area (Å²) >= 11 is 0. The molecule has 0 aliphatic heterocycles. The number of benzene rings is 1. The van der Waals surface area contributed by atoms with Gasteiger partial charge in [-0.05, 0) is 31.0 Å². The number of rotatable bonds is 6. The second-order valence-corrected chi connectivity index (χ2v) is 3.94. The van der Waals surface area contributed by atoms with E-state index >= 15 is 0 Å². The first kappa shape index (κ1) is 12.8. The zero-order valence-electron chi connectivity index (χ0n) is 10.3. The fourth-order valence-corrected chi connectivity index (χ4v) is 1.67. The Labute approximate surface area is 97.6 Å². The van der Waals surface area contributed by atoms with Gasteiger partial charge in [-0.1, -0.05) is 26.0 Å². The monoisotopic (exact) mass is 220 g/mol. The molecule has 0 saturated carbocycles. The van der Waals surface area contributed by atoms with Crippen molar-refractivity contribution >= 4 is 5.78 Å². The lowest BCUT2D eigenvalue weighted by Gasteiger charge is -2.11. The average Bonchev–Trinajstić information content (AvgIpc) is 2.30. The largest absolute Gasteiger partial charge is 0.494 e. The van der Waals surface area contributed by atoms with Crippen LogP contribution in [0.25, 0.3) is 0 Å². The summed E-state index contributed by atoms with van der Waals surface area (Å²) in [5, 5.41) is 0. The molecule has 0 aliphatic rings. The first-order valence-electron chi connectivity index (χ1n) is 5.94. The van der Waals surface area contributed by atoms with Gasteiger partial charge in [0.25, 0.3) is 0 Å². The fraction of sp³-hybridized carbons (Fsp3) is 0.500. The molecule has 0 fully saturated rings. The Morgan fingerprint density at radius 2 is 1.88 bits per heavy atom. The van der Waals surface area contributed by atoms with Crippen LogP contribution in [0, 0.1) is 0 Å². The van der Waals surface area contributed by atoms with Crippen molar-refractivity contribution in [3.8, 4) is 5.75 Å². The molecule has 2 heteroatoms. The van der Waals surface area contributed by atoms with Crippen LogP contribution in [-0.4, -0.2) is 12.4 Å². The number of Topliss-reactive ketones (excluding diaryl/α,β-unsaturated/α-hetero) is 1. The lowest BCUT2D eigenvalue weighted by molar-refractivity contribution is -0.120. The van der Waals surface area contributed by atoms with Gasteiger partial charge in [-0.15, -0.1) is 0 Å². The molecule has 0 amide bonds. The van der Waals surface area contributed by atoms with E-state index < -0.39 is 0 Å². The van der Waals surface area contributed by atoms with Gasteiger partial charge in [-0.2, -0.15) is 0 Å². The zero-order chi connectivity index (χ0) is 12.0. The molecule has 0 heterocycles. The maximum atomic E-state index is 11.7. The minimum Gasteiger partial charge on any atom is -0.494 e. The molecule has 0 radical (unpaired) electrons. The summed E-state index contributed by atoms with van der Waals surface area (Å²) in [6.45, 7) is 6.63. The van der Waals surface area contributed by atoms with Gasteiger partial charge in [0.05, 0.1) is 6.61 Å². The molecule has 1 rings (SSSR count). The Morgan fingerprint density at radius 3 is 2.38 bits per heavy atom. The highest BCUT2D eigenvalue weighted by atomic mass is 16.5. The van der Waals surface area contributed by atoms with Crippen LogP contribution in [0.2, 0.25) is 0 Å². The minimum absolute atomic E-state index is 0.00405. The van der Waals surface area contributed by atoms with Crippen LogP contribution in [0.15, 0.2) is 24.3 Å². The highest BCUT2D eigenvalue weighted by Gasteiger charge is 2.13. The molecule has 88 valence electrons. The van der Waals surface area contributed by atoms with Crippen LogP contribution in [-0.2, 0) is 4.79 Å². The number of carbonyl (C=O) groups is 1. The lowest BCUT2D eigenvalue weighted by Crippen LogP contribution is -2.08. The maximum absolute atomic E-state index is 11.7. The summed E-state index contributed by atoms with van der Waals surface area (Å²) in [6.07, 6.45) is 1.58. The molecule has 1 aromatic rings. The standard InChI is InChI=1S/C14H20O2/c1-4-6-14(15)11(3)12-7-9-13(10-8-12)16-5-2/h7-11H,4-6H2,1-3H3. The molecule has 2 nitrogen and oxygen atoms in total. The normalized spacial score (nSPS) is 12.2. The van der Waals surface area contributed by atoms with Crippen molar-refractivity contribution < 1.29 is 9.53 Å². The molecule has 16 heavy (non-hydrogen) atoms. The summed E-state index contributed by atoms with van der Waals surface area (Å²) in [6, 6.07) is 7.80. The van der Waals surface area contributed by atoms with E-state index in [1.54, 1.807) is 0 Å². The molecule has 0 aliphatic carbocycles. The summed E-state index contributed by atoms with van der Waals surface area (Å²) < 4.78 is 5.36. The topological polar surface area (TPSA) is 26.3 Å². The van der Waals surface area contributed by atoms with Gasteiger partial charge in [0.2, 0.25) is 0 Å². The number of hydrogen-bond acceptors (Lipinski definition) is 2. The molecule has 1 aromatic carbocycles. The highest BCUT2D eigenvalue weighted by Crippen LogP contribution is 2.21. The molecular formula is C14H20O2. The van der Waals surface area contributed by atoms with Crippen molar-refractivity contribution in [3.05, 3.63) is 29.8 Å². The molecule has 0 saturated heterocycles. The third-order valence-corrected chi connectivity index (χ3v) is 2.67. The third kappa shape index (κ3) is 3.37. The van der Waals surface area contributed by atoms with E-state index in [1.807, 2.05) is 45.0 Å². The lowest BCUT2D eigenvalue weighted by atomic mass is 9.94. The summed E-state index contributed by atoms with van der Waals surface area (Å²) in [5.41, 5.74) is 1.07. The Bertz CT molecular complexity index is 327. The molecule has 1 unspecified atom stereocenters. The smallest absolute Gasteiger partial charge is 0.140 e. The first-order valence-corrected chi connectivity index (χ1v) is 5.94. The molecular weight excluding hydrogens is 200 g/mol. The van der Waals surface area contributed by atoms with Crippen molar-refractivity contribution in [3.63, 3.8) is 0 Å². The van der Waals surface area contributed by atoms with Crippen LogP contribution in [0.5, 0.6) is 5.75 Å². The number of hydrogen-bond donors (Lipinski definition) is 0. The average molecular weight is 220 g/mol. The molecule has 0 N–H and O–H groups in total. The van der Waals surface area contributed by atoms with Crippen LogP contribution in [0.4, 0.5) is 0 Å². The van der Waals surface area contributed by atoms with Crippen LogP contribution >= 0.6 is 0 Å². The van der Waals surface area contributed by atoms with Crippen LogP contribution < -0.4 is 4.74 Å². The van der Waals surface area contributed by atoms with Crippen molar-refractivity contribution in [1.82, 2.24) is 0 Å². The van der Waals surface area contributed by atoms with E-state index in [0.717, 1.165) is 17.7 Å². The number of carbonyl (C=O) groups excluding carboxylic acids is 1. The summed E-state index contributed by atoms with van der Waals surface area (Å²) in [5.74, 6) is 1.17. The van der Waals surface area contributed by atoms with E-state index in [0.29, 0.717) is 18.8 Å².